The monoisotopic (exact) mass is 309 g/mol. The average molecular weight is 309 g/mol. The van der Waals surface area contributed by atoms with Gasteiger partial charge in [0.1, 0.15) is 11.4 Å². The van der Waals surface area contributed by atoms with E-state index in [2.05, 4.69) is 50.8 Å². The van der Waals surface area contributed by atoms with Crippen LogP contribution in [-0.2, 0) is 16.0 Å². The minimum atomic E-state index is -0.184. The highest BCUT2D eigenvalue weighted by molar-refractivity contribution is 5.34. The summed E-state index contributed by atoms with van der Waals surface area (Å²) in [5, 5.41) is 0. The number of ether oxygens (including phenoxy) is 3. The fourth-order valence-electron chi connectivity index (χ4n) is 2.30. The zero-order chi connectivity index (χ0) is 16.6. The number of nitrogens with zero attached hydrogens (tertiary/aromatic N) is 1. The molecule has 0 bridgehead atoms. The third kappa shape index (κ3) is 7.78. The Morgan fingerprint density at radius 2 is 1.55 bits per heavy atom. The molecule has 4 heteroatoms. The number of benzene rings is 1. The largest absolute Gasteiger partial charge is 0.488 e. The molecule has 0 aliphatic carbocycles. The molecule has 0 aliphatic heterocycles. The minimum absolute atomic E-state index is 0.184. The van der Waals surface area contributed by atoms with Gasteiger partial charge in [-0.3, -0.25) is 4.90 Å². The third-order valence-electron chi connectivity index (χ3n) is 3.16. The number of methoxy groups -OCH3 is 2. The van der Waals surface area contributed by atoms with Crippen LogP contribution in [0, 0.1) is 6.92 Å². The van der Waals surface area contributed by atoms with Gasteiger partial charge in [-0.05, 0) is 51.0 Å². The molecule has 0 heterocycles. The van der Waals surface area contributed by atoms with Crippen molar-refractivity contribution in [1.29, 1.82) is 0 Å². The van der Waals surface area contributed by atoms with Gasteiger partial charge < -0.3 is 14.2 Å². The first-order valence-corrected chi connectivity index (χ1v) is 7.84. The van der Waals surface area contributed by atoms with Gasteiger partial charge >= 0.3 is 0 Å². The van der Waals surface area contributed by atoms with E-state index in [1.54, 1.807) is 14.2 Å². The van der Waals surface area contributed by atoms with Crippen LogP contribution in [0.15, 0.2) is 18.2 Å². The van der Waals surface area contributed by atoms with Crippen LogP contribution in [0.5, 0.6) is 5.75 Å². The Hall–Kier alpha value is -1.10. The fraction of sp³-hybridized carbons (Fsp3) is 0.667. The van der Waals surface area contributed by atoms with Gasteiger partial charge in [-0.15, -0.1) is 0 Å². The topological polar surface area (TPSA) is 30.9 Å². The zero-order valence-electron chi connectivity index (χ0n) is 14.9. The van der Waals surface area contributed by atoms with Gasteiger partial charge in [-0.25, -0.2) is 0 Å². The van der Waals surface area contributed by atoms with Crippen molar-refractivity contribution in [2.75, 3.05) is 40.5 Å². The maximum atomic E-state index is 6.00. The second-order valence-corrected chi connectivity index (χ2v) is 6.63. The molecular formula is C18H31NO3. The second kappa shape index (κ2) is 9.13. The Balaban J connectivity index is 2.79. The van der Waals surface area contributed by atoms with Gasteiger partial charge in [0.2, 0.25) is 0 Å². The molecule has 0 fully saturated rings. The lowest BCUT2D eigenvalue weighted by molar-refractivity contribution is 0.110. The summed E-state index contributed by atoms with van der Waals surface area (Å²) in [5.41, 5.74) is 2.29. The van der Waals surface area contributed by atoms with Crippen LogP contribution in [0.3, 0.4) is 0 Å². The summed E-state index contributed by atoms with van der Waals surface area (Å²) in [7, 11) is 3.47. The molecule has 0 saturated carbocycles. The van der Waals surface area contributed by atoms with Gasteiger partial charge in [0.25, 0.3) is 0 Å². The number of aryl methyl sites for hydroxylation is 1. The first kappa shape index (κ1) is 18.9. The van der Waals surface area contributed by atoms with Gasteiger partial charge in [-0.2, -0.15) is 0 Å². The van der Waals surface area contributed by atoms with Gasteiger partial charge in [-0.1, -0.05) is 6.07 Å². The minimum Gasteiger partial charge on any atom is -0.488 e. The van der Waals surface area contributed by atoms with E-state index in [1.807, 2.05) is 0 Å². The van der Waals surface area contributed by atoms with Crippen molar-refractivity contribution in [1.82, 2.24) is 4.90 Å². The molecule has 0 N–H and O–H groups in total. The molecular weight excluding hydrogens is 278 g/mol. The maximum absolute atomic E-state index is 6.00. The van der Waals surface area contributed by atoms with Crippen LogP contribution in [0.1, 0.15) is 31.9 Å². The van der Waals surface area contributed by atoms with E-state index in [0.717, 1.165) is 38.6 Å². The third-order valence-corrected chi connectivity index (χ3v) is 3.16. The van der Waals surface area contributed by atoms with E-state index in [9.17, 15) is 0 Å². The van der Waals surface area contributed by atoms with E-state index >= 15 is 0 Å². The average Bonchev–Trinajstić information content (AvgIpc) is 2.39. The predicted molar refractivity (Wildman–Crippen MR) is 90.6 cm³/mol. The van der Waals surface area contributed by atoms with E-state index in [4.69, 9.17) is 14.2 Å². The summed E-state index contributed by atoms with van der Waals surface area (Å²) in [6.07, 6.45) is 0. The Morgan fingerprint density at radius 3 is 2.05 bits per heavy atom. The summed E-state index contributed by atoms with van der Waals surface area (Å²) < 4.78 is 16.4. The molecule has 0 aromatic heterocycles. The molecule has 22 heavy (non-hydrogen) atoms. The highest BCUT2D eigenvalue weighted by Crippen LogP contribution is 2.22. The Kier molecular flexibility index (Phi) is 7.87. The lowest BCUT2D eigenvalue weighted by Gasteiger charge is -2.24. The smallest absolute Gasteiger partial charge is 0.120 e. The van der Waals surface area contributed by atoms with E-state index < -0.39 is 0 Å². The second-order valence-electron chi connectivity index (χ2n) is 6.63. The van der Waals surface area contributed by atoms with Gasteiger partial charge in [0.05, 0.1) is 13.2 Å². The van der Waals surface area contributed by atoms with Crippen LogP contribution in [0.25, 0.3) is 0 Å². The van der Waals surface area contributed by atoms with Crippen LogP contribution in [0.2, 0.25) is 0 Å². The summed E-state index contributed by atoms with van der Waals surface area (Å²) >= 11 is 0. The SMILES string of the molecule is COCCN(CCOC)Cc1cc(C)cc(OC(C)(C)C)c1. The molecule has 1 aromatic carbocycles. The van der Waals surface area contributed by atoms with Crippen molar-refractivity contribution in [3.8, 4) is 5.75 Å². The normalized spacial score (nSPS) is 12.0. The Bertz CT molecular complexity index is 432. The van der Waals surface area contributed by atoms with Crippen molar-refractivity contribution >= 4 is 0 Å². The molecule has 0 atom stereocenters. The van der Waals surface area contributed by atoms with Gasteiger partial charge in [0, 0.05) is 33.9 Å². The van der Waals surface area contributed by atoms with E-state index in [-0.39, 0.29) is 5.60 Å². The zero-order valence-corrected chi connectivity index (χ0v) is 14.9. The molecule has 0 spiro atoms. The fourth-order valence-corrected chi connectivity index (χ4v) is 2.30. The molecule has 0 aliphatic rings. The summed E-state index contributed by atoms with van der Waals surface area (Å²) in [6, 6.07) is 6.43. The number of rotatable bonds is 9. The maximum Gasteiger partial charge on any atom is 0.120 e. The lowest BCUT2D eigenvalue weighted by atomic mass is 10.1. The van der Waals surface area contributed by atoms with Gasteiger partial charge in [0.15, 0.2) is 0 Å². The standard InChI is InChI=1S/C18H31NO3/c1-15-11-16(13-17(12-15)22-18(2,3)4)14-19(7-9-20-5)8-10-21-6/h11-13H,7-10,14H2,1-6H3. The van der Waals surface area contributed by atoms with Crippen molar-refractivity contribution in [3.63, 3.8) is 0 Å². The van der Waals surface area contributed by atoms with E-state index in [0.29, 0.717) is 0 Å². The first-order valence-electron chi connectivity index (χ1n) is 7.84. The molecule has 0 radical (unpaired) electrons. The van der Waals surface area contributed by atoms with Crippen molar-refractivity contribution < 1.29 is 14.2 Å². The van der Waals surface area contributed by atoms with Crippen molar-refractivity contribution in [2.24, 2.45) is 0 Å². The van der Waals surface area contributed by atoms with E-state index in [1.165, 1.54) is 11.1 Å². The molecule has 4 nitrogen and oxygen atoms in total. The van der Waals surface area contributed by atoms with Crippen molar-refractivity contribution in [3.05, 3.63) is 29.3 Å². The summed E-state index contributed by atoms with van der Waals surface area (Å²) in [6.45, 7) is 12.4. The van der Waals surface area contributed by atoms with Crippen LogP contribution in [-0.4, -0.2) is 51.0 Å². The molecule has 1 aromatic rings. The lowest BCUT2D eigenvalue weighted by Crippen LogP contribution is -2.30. The number of hydrogen-bond donors (Lipinski definition) is 0. The first-order chi connectivity index (χ1) is 10.3. The number of hydrogen-bond acceptors (Lipinski definition) is 4. The molecule has 126 valence electrons. The van der Waals surface area contributed by atoms with Crippen molar-refractivity contribution in [2.45, 2.75) is 39.8 Å². The highest BCUT2D eigenvalue weighted by atomic mass is 16.5. The van der Waals surface area contributed by atoms with Crippen LogP contribution >= 0.6 is 0 Å². The Labute approximate surface area is 135 Å². The molecule has 1 rings (SSSR count). The molecule has 0 saturated heterocycles. The van der Waals surface area contributed by atoms with Crippen LogP contribution < -0.4 is 4.74 Å². The highest BCUT2D eigenvalue weighted by Gasteiger charge is 2.13. The molecule has 0 unspecified atom stereocenters. The summed E-state index contributed by atoms with van der Waals surface area (Å²) in [4.78, 5) is 2.34. The molecule has 0 amide bonds. The summed E-state index contributed by atoms with van der Waals surface area (Å²) in [5.74, 6) is 0.931. The Morgan fingerprint density at radius 1 is 0.955 bits per heavy atom. The quantitative estimate of drug-likeness (QED) is 0.700. The predicted octanol–water partition coefficient (Wildman–Crippen LogP) is 3.27. The van der Waals surface area contributed by atoms with Crippen LogP contribution in [0.4, 0.5) is 0 Å².